The maximum atomic E-state index is 13.2. The molecule has 1 atom stereocenters. The van der Waals surface area contributed by atoms with Crippen LogP contribution >= 0.6 is 39.1 Å². The summed E-state index contributed by atoms with van der Waals surface area (Å²) in [6.45, 7) is 2.07. The lowest BCUT2D eigenvalue weighted by atomic mass is 10.0. The Bertz CT molecular complexity index is 1270. The predicted molar refractivity (Wildman–Crippen MR) is 126 cm³/mol. The molecule has 1 unspecified atom stereocenters. The number of aliphatic imine (C=N–C) groups is 1. The number of aromatic nitrogens is 2. The van der Waals surface area contributed by atoms with Crippen molar-refractivity contribution < 1.29 is 14.3 Å². The van der Waals surface area contributed by atoms with Gasteiger partial charge >= 0.3 is 5.82 Å². The number of rotatable bonds is 5. The van der Waals surface area contributed by atoms with Gasteiger partial charge in [-0.15, -0.1) is 0 Å². The lowest BCUT2D eigenvalue weighted by Crippen LogP contribution is -2.46. The average Bonchev–Trinajstić information content (AvgIpc) is 3.00. The van der Waals surface area contributed by atoms with Crippen LogP contribution in [0.4, 0.5) is 11.5 Å². The van der Waals surface area contributed by atoms with Crippen LogP contribution in [0, 0.1) is 17.0 Å². The second kappa shape index (κ2) is 9.01. The Hall–Kier alpha value is -2.75. The number of benzene rings is 2. The minimum Gasteiger partial charge on any atom is -0.358 e. The highest BCUT2D eigenvalue weighted by atomic mass is 79.9. The molecule has 2 heterocycles. The molecule has 1 aliphatic heterocycles. The van der Waals surface area contributed by atoms with Crippen LogP contribution in [-0.2, 0) is 11.3 Å². The SMILES string of the molecule is Cc1n(CCBr)c([N+](=O)[O-])c[n+]1C1N=C(c2ccccc2Cl)c2cc(Cl)ccc2NC1=O. The van der Waals surface area contributed by atoms with Crippen LogP contribution in [0.5, 0.6) is 0 Å². The van der Waals surface area contributed by atoms with Gasteiger partial charge in [0.05, 0.1) is 11.4 Å². The summed E-state index contributed by atoms with van der Waals surface area (Å²) in [6, 6.07) is 12.2. The third-order valence-corrected chi connectivity index (χ3v) is 6.08. The van der Waals surface area contributed by atoms with Crippen molar-refractivity contribution in [3.05, 3.63) is 85.8 Å². The van der Waals surface area contributed by atoms with Gasteiger partial charge in [0.15, 0.2) is 6.20 Å². The van der Waals surface area contributed by atoms with Crippen LogP contribution in [0.25, 0.3) is 0 Å². The van der Waals surface area contributed by atoms with E-state index in [4.69, 9.17) is 28.2 Å². The number of anilines is 1. The van der Waals surface area contributed by atoms with E-state index in [-0.39, 0.29) is 5.82 Å². The molecular weight excluding hydrogens is 521 g/mol. The molecule has 0 spiro atoms. The van der Waals surface area contributed by atoms with Crippen LogP contribution < -0.4 is 9.88 Å². The van der Waals surface area contributed by atoms with E-state index in [0.29, 0.717) is 50.3 Å². The number of nitrogens with zero attached hydrogens (tertiary/aromatic N) is 4. The Morgan fingerprint density at radius 1 is 1.25 bits per heavy atom. The van der Waals surface area contributed by atoms with Crippen molar-refractivity contribution in [1.82, 2.24) is 4.57 Å². The van der Waals surface area contributed by atoms with E-state index in [1.165, 1.54) is 15.3 Å². The molecule has 11 heteroatoms. The van der Waals surface area contributed by atoms with E-state index in [9.17, 15) is 14.9 Å². The number of imidazole rings is 1. The lowest BCUT2D eigenvalue weighted by Gasteiger charge is -2.11. The maximum absolute atomic E-state index is 13.2. The molecule has 0 radical (unpaired) electrons. The van der Waals surface area contributed by atoms with Crippen LogP contribution in [0.2, 0.25) is 10.0 Å². The van der Waals surface area contributed by atoms with Gasteiger partial charge in [-0.1, -0.05) is 57.3 Å². The van der Waals surface area contributed by atoms with E-state index in [1.807, 2.05) is 6.07 Å². The first kappa shape index (κ1) is 22.4. The highest BCUT2D eigenvalue weighted by Gasteiger charge is 2.36. The molecule has 1 aromatic heterocycles. The molecule has 164 valence electrons. The smallest absolute Gasteiger partial charge is 0.358 e. The molecular formula is C21H17BrCl2N5O3+. The molecule has 8 nitrogen and oxygen atoms in total. The Morgan fingerprint density at radius 2 is 2.00 bits per heavy atom. The Labute approximate surface area is 201 Å². The minimum atomic E-state index is -1.09. The van der Waals surface area contributed by atoms with Crippen molar-refractivity contribution in [2.24, 2.45) is 4.99 Å². The van der Waals surface area contributed by atoms with Gasteiger partial charge in [-0.05, 0) is 29.2 Å². The number of nitro groups is 1. The van der Waals surface area contributed by atoms with E-state index >= 15 is 0 Å². The summed E-state index contributed by atoms with van der Waals surface area (Å²) in [7, 11) is 0. The van der Waals surface area contributed by atoms with E-state index in [2.05, 4.69) is 21.2 Å². The second-order valence-electron chi connectivity index (χ2n) is 7.05. The third-order valence-electron chi connectivity index (χ3n) is 5.16. The molecule has 0 fully saturated rings. The summed E-state index contributed by atoms with van der Waals surface area (Å²) in [5.74, 6) is -0.0498. The van der Waals surface area contributed by atoms with Crippen LogP contribution in [0.1, 0.15) is 23.1 Å². The zero-order valence-electron chi connectivity index (χ0n) is 16.8. The zero-order valence-corrected chi connectivity index (χ0v) is 19.9. The zero-order chi connectivity index (χ0) is 23.0. The maximum Gasteiger partial charge on any atom is 0.365 e. The Morgan fingerprint density at radius 3 is 2.69 bits per heavy atom. The molecule has 0 saturated carbocycles. The molecule has 1 amide bonds. The van der Waals surface area contributed by atoms with Gasteiger partial charge in [0.1, 0.15) is 6.54 Å². The van der Waals surface area contributed by atoms with Crippen LogP contribution in [-0.4, -0.2) is 26.4 Å². The van der Waals surface area contributed by atoms with E-state index in [1.54, 1.807) is 43.3 Å². The Kier molecular flexibility index (Phi) is 6.32. The van der Waals surface area contributed by atoms with Gasteiger partial charge in [0, 0.05) is 33.4 Å². The van der Waals surface area contributed by atoms with Gasteiger partial charge in [0.2, 0.25) is 0 Å². The normalized spacial score (nSPS) is 15.6. The standard InChI is InChI=1S/C21H16BrCl2N5O3/c1-12-27(9-8-22)18(29(31)32)11-28(12)20-21(30)25-17-7-6-13(23)10-15(17)19(26-20)14-4-2-3-5-16(14)24/h2-7,10-11,20H,8-9H2,1H3/p+1. The number of fused-ring (bicyclic) bond motifs is 1. The number of halogens is 3. The summed E-state index contributed by atoms with van der Waals surface area (Å²) >= 11 is 16.0. The summed E-state index contributed by atoms with van der Waals surface area (Å²) in [6.07, 6.45) is 0.238. The highest BCUT2D eigenvalue weighted by molar-refractivity contribution is 9.09. The topological polar surface area (TPSA) is 93.4 Å². The minimum absolute atomic E-state index is 0.131. The molecule has 4 rings (SSSR count). The summed E-state index contributed by atoms with van der Waals surface area (Å²) in [5.41, 5.74) is 2.20. The van der Waals surface area contributed by atoms with Crippen molar-refractivity contribution in [3.63, 3.8) is 0 Å². The number of carbonyl (C=O) groups is 1. The van der Waals surface area contributed by atoms with Crippen molar-refractivity contribution in [2.75, 3.05) is 10.6 Å². The monoisotopic (exact) mass is 536 g/mol. The fourth-order valence-corrected chi connectivity index (χ4v) is 4.42. The molecule has 0 aliphatic carbocycles. The molecule has 1 N–H and O–H groups in total. The van der Waals surface area contributed by atoms with E-state index < -0.39 is 17.0 Å². The number of alkyl halides is 1. The molecule has 1 aliphatic rings. The predicted octanol–water partition coefficient (Wildman–Crippen LogP) is 4.68. The van der Waals surface area contributed by atoms with Crippen molar-refractivity contribution in [3.8, 4) is 0 Å². The van der Waals surface area contributed by atoms with E-state index in [0.717, 1.165) is 0 Å². The average molecular weight is 538 g/mol. The van der Waals surface area contributed by atoms with Crippen molar-refractivity contribution in [1.29, 1.82) is 0 Å². The third kappa shape index (κ3) is 4.03. The van der Waals surface area contributed by atoms with Gasteiger partial charge in [-0.2, -0.15) is 9.13 Å². The number of benzodiazepines with no additional fused rings is 1. The van der Waals surface area contributed by atoms with Gasteiger partial charge < -0.3 is 15.4 Å². The first-order valence-electron chi connectivity index (χ1n) is 9.57. The molecule has 3 aromatic rings. The number of amides is 1. The van der Waals surface area contributed by atoms with Gasteiger partial charge in [-0.25, -0.2) is 4.99 Å². The highest BCUT2D eigenvalue weighted by Crippen LogP contribution is 2.31. The molecule has 0 bridgehead atoms. The number of nitrogens with one attached hydrogen (secondary N) is 1. The molecule has 2 aromatic carbocycles. The summed E-state index contributed by atoms with van der Waals surface area (Å²) in [5, 5.41) is 15.9. The molecule has 32 heavy (non-hydrogen) atoms. The molecule has 0 saturated heterocycles. The lowest BCUT2D eigenvalue weighted by molar-refractivity contribution is -0.713. The largest absolute Gasteiger partial charge is 0.365 e. The fraction of sp³-hybridized carbons (Fsp3) is 0.190. The van der Waals surface area contributed by atoms with Crippen molar-refractivity contribution in [2.45, 2.75) is 19.6 Å². The number of carbonyl (C=O) groups excluding carboxylic acids is 1. The number of hydrogen-bond donors (Lipinski definition) is 1. The quantitative estimate of drug-likeness (QED) is 0.221. The van der Waals surface area contributed by atoms with Gasteiger partial charge in [0.25, 0.3) is 17.9 Å². The summed E-state index contributed by atoms with van der Waals surface area (Å²) in [4.78, 5) is 29.1. The van der Waals surface area contributed by atoms with Crippen LogP contribution in [0.15, 0.2) is 53.7 Å². The second-order valence-corrected chi connectivity index (χ2v) is 8.69. The van der Waals surface area contributed by atoms with Crippen LogP contribution in [0.3, 0.4) is 0 Å². The van der Waals surface area contributed by atoms with Crippen molar-refractivity contribution >= 4 is 62.3 Å². The number of hydrogen-bond acceptors (Lipinski definition) is 4. The first-order valence-corrected chi connectivity index (χ1v) is 11.4. The summed E-state index contributed by atoms with van der Waals surface area (Å²) < 4.78 is 3.03. The Balaban J connectivity index is 1.97. The van der Waals surface area contributed by atoms with Gasteiger partial charge in [-0.3, -0.25) is 4.79 Å². The first-order chi connectivity index (χ1) is 15.3. The fourth-order valence-electron chi connectivity index (χ4n) is 3.67.